The first-order chi connectivity index (χ1) is 9.08. The van der Waals surface area contributed by atoms with Gasteiger partial charge in [0.25, 0.3) is 0 Å². The number of hydrogen-bond donors (Lipinski definition) is 1. The number of nitrogens with two attached hydrogens (primary N) is 1. The summed E-state index contributed by atoms with van der Waals surface area (Å²) in [6, 6.07) is 13.0. The van der Waals surface area contributed by atoms with E-state index in [1.807, 2.05) is 51.1 Å². The van der Waals surface area contributed by atoms with Gasteiger partial charge in [-0.25, -0.2) is 0 Å². The summed E-state index contributed by atoms with van der Waals surface area (Å²) in [7, 11) is 0. The number of carbonyl (C=O) groups excluding carboxylic acids is 1. The highest BCUT2D eigenvalue weighted by Gasteiger charge is 2.05. The van der Waals surface area contributed by atoms with E-state index in [1.165, 1.54) is 0 Å². The van der Waals surface area contributed by atoms with E-state index in [1.54, 1.807) is 12.1 Å². The first-order valence-corrected chi connectivity index (χ1v) is 6.62. The van der Waals surface area contributed by atoms with Crippen LogP contribution in [-0.2, 0) is 0 Å². The summed E-state index contributed by atoms with van der Waals surface area (Å²) in [4.78, 5) is 11.1. The molecule has 0 radical (unpaired) electrons. The second kappa shape index (κ2) is 6.95. The minimum absolute atomic E-state index is 0.407. The molecule has 0 saturated carbocycles. The summed E-state index contributed by atoms with van der Waals surface area (Å²) >= 11 is 5.84. The van der Waals surface area contributed by atoms with Crippen LogP contribution in [-0.4, -0.2) is 5.91 Å². The first-order valence-electron chi connectivity index (χ1n) is 6.24. The molecule has 0 spiro atoms. The molecule has 0 atom stereocenters. The van der Waals surface area contributed by atoms with E-state index in [9.17, 15) is 4.79 Å². The zero-order valence-corrected chi connectivity index (χ0v) is 12.2. The maximum Gasteiger partial charge on any atom is 0.248 e. The van der Waals surface area contributed by atoms with Crippen molar-refractivity contribution in [1.29, 1.82) is 0 Å². The lowest BCUT2D eigenvalue weighted by Gasteiger charge is -2.07. The van der Waals surface area contributed by atoms with Crippen molar-refractivity contribution < 1.29 is 4.79 Å². The molecule has 0 aromatic heterocycles. The van der Waals surface area contributed by atoms with Gasteiger partial charge >= 0.3 is 0 Å². The summed E-state index contributed by atoms with van der Waals surface area (Å²) in [6.45, 7) is 5.95. The lowest BCUT2D eigenvalue weighted by Crippen LogP contribution is -2.10. The number of rotatable bonds is 2. The topological polar surface area (TPSA) is 43.1 Å². The van der Waals surface area contributed by atoms with Gasteiger partial charge in [0.15, 0.2) is 0 Å². The average molecular weight is 276 g/mol. The van der Waals surface area contributed by atoms with Crippen LogP contribution in [0.2, 0.25) is 5.02 Å². The van der Waals surface area contributed by atoms with E-state index < -0.39 is 5.91 Å². The molecule has 0 fully saturated rings. The number of halogens is 1. The second-order valence-electron chi connectivity index (χ2n) is 3.90. The van der Waals surface area contributed by atoms with Crippen LogP contribution in [0.5, 0.6) is 0 Å². The van der Waals surface area contributed by atoms with Gasteiger partial charge in [0.05, 0.1) is 0 Å². The molecule has 2 rings (SSSR count). The highest BCUT2D eigenvalue weighted by Crippen LogP contribution is 2.25. The van der Waals surface area contributed by atoms with Crippen LogP contribution in [0.25, 0.3) is 11.1 Å². The van der Waals surface area contributed by atoms with Gasteiger partial charge in [-0.1, -0.05) is 43.6 Å². The van der Waals surface area contributed by atoms with Crippen LogP contribution < -0.4 is 5.73 Å². The Kier molecular flexibility index (Phi) is 5.58. The molecule has 2 aromatic carbocycles. The van der Waals surface area contributed by atoms with Crippen LogP contribution in [0, 0.1) is 6.92 Å². The fraction of sp³-hybridized carbons (Fsp3) is 0.188. The van der Waals surface area contributed by atoms with Gasteiger partial charge in [-0.2, -0.15) is 0 Å². The Labute approximate surface area is 119 Å². The minimum atomic E-state index is -0.407. The molecule has 0 aliphatic carbocycles. The number of primary amides is 1. The molecule has 0 bridgehead atoms. The second-order valence-corrected chi connectivity index (χ2v) is 4.34. The number of carbonyl (C=O) groups is 1. The van der Waals surface area contributed by atoms with Crippen LogP contribution in [0.3, 0.4) is 0 Å². The summed E-state index contributed by atoms with van der Waals surface area (Å²) in [6.07, 6.45) is 0. The van der Waals surface area contributed by atoms with Gasteiger partial charge in [0, 0.05) is 10.6 Å². The van der Waals surface area contributed by atoms with Crippen LogP contribution in [0.4, 0.5) is 0 Å². The minimum Gasteiger partial charge on any atom is -0.366 e. The molecule has 2 N–H and O–H groups in total. The predicted octanol–water partition coefficient (Wildman–Crippen LogP) is 4.44. The summed E-state index contributed by atoms with van der Waals surface area (Å²) in [5, 5.41) is 0.708. The average Bonchev–Trinajstić information content (AvgIpc) is 2.42. The Hall–Kier alpha value is -1.80. The largest absolute Gasteiger partial charge is 0.366 e. The molecule has 100 valence electrons. The summed E-state index contributed by atoms with van der Waals surface area (Å²) in [5.41, 5.74) is 8.93. The van der Waals surface area contributed by atoms with Crippen molar-refractivity contribution in [2.45, 2.75) is 20.8 Å². The molecular formula is C16H18ClNO. The number of hydrogen-bond acceptors (Lipinski definition) is 1. The van der Waals surface area contributed by atoms with E-state index in [2.05, 4.69) is 0 Å². The zero-order chi connectivity index (χ0) is 14.4. The molecule has 19 heavy (non-hydrogen) atoms. The van der Waals surface area contributed by atoms with Gasteiger partial charge in [0.1, 0.15) is 0 Å². The highest BCUT2D eigenvalue weighted by molar-refractivity contribution is 6.30. The summed E-state index contributed by atoms with van der Waals surface area (Å²) in [5.74, 6) is -0.407. The molecule has 3 heteroatoms. The van der Waals surface area contributed by atoms with E-state index in [-0.39, 0.29) is 0 Å². The van der Waals surface area contributed by atoms with Gasteiger partial charge in [-0.15, -0.1) is 0 Å². The fourth-order valence-corrected chi connectivity index (χ4v) is 1.90. The predicted molar refractivity (Wildman–Crippen MR) is 81.5 cm³/mol. The Balaban J connectivity index is 0.000000861. The number of amides is 1. The first kappa shape index (κ1) is 15.3. The third kappa shape index (κ3) is 3.83. The van der Waals surface area contributed by atoms with Crippen molar-refractivity contribution in [1.82, 2.24) is 0 Å². The third-order valence-corrected chi connectivity index (χ3v) is 2.92. The summed E-state index contributed by atoms with van der Waals surface area (Å²) < 4.78 is 0. The van der Waals surface area contributed by atoms with Crippen LogP contribution in [0.15, 0.2) is 42.5 Å². The Morgan fingerprint density at radius 1 is 1.05 bits per heavy atom. The SMILES string of the molecule is CC.Cc1cc(C(N)=O)ccc1-c1ccc(Cl)cc1. The maximum atomic E-state index is 11.1. The molecular weight excluding hydrogens is 258 g/mol. The molecule has 2 aromatic rings. The number of benzene rings is 2. The van der Waals surface area contributed by atoms with Crippen molar-refractivity contribution >= 4 is 17.5 Å². The lowest BCUT2D eigenvalue weighted by molar-refractivity contribution is 0.1000. The van der Waals surface area contributed by atoms with E-state index >= 15 is 0 Å². The van der Waals surface area contributed by atoms with E-state index in [0.29, 0.717) is 10.6 Å². The molecule has 1 amide bonds. The normalized spacial score (nSPS) is 9.47. The smallest absolute Gasteiger partial charge is 0.248 e. The van der Waals surface area contributed by atoms with Crippen molar-refractivity contribution in [3.05, 3.63) is 58.6 Å². The molecule has 0 heterocycles. The fourth-order valence-electron chi connectivity index (χ4n) is 1.77. The highest BCUT2D eigenvalue weighted by atomic mass is 35.5. The zero-order valence-electron chi connectivity index (χ0n) is 11.4. The van der Waals surface area contributed by atoms with Gasteiger partial charge in [-0.05, 0) is 47.9 Å². The van der Waals surface area contributed by atoms with E-state index in [0.717, 1.165) is 16.7 Å². The van der Waals surface area contributed by atoms with Crippen LogP contribution >= 0.6 is 11.6 Å². The number of aryl methyl sites for hydroxylation is 1. The van der Waals surface area contributed by atoms with Gasteiger partial charge in [-0.3, -0.25) is 4.79 Å². The quantitative estimate of drug-likeness (QED) is 0.865. The standard InChI is InChI=1S/C14H12ClNO.C2H6/c1-9-8-11(14(16)17)4-7-13(9)10-2-5-12(15)6-3-10;1-2/h2-8H,1H3,(H2,16,17);1-2H3. The van der Waals surface area contributed by atoms with Gasteiger partial charge < -0.3 is 5.73 Å². The maximum absolute atomic E-state index is 11.1. The van der Waals surface area contributed by atoms with Crippen molar-refractivity contribution in [2.75, 3.05) is 0 Å². The van der Waals surface area contributed by atoms with Crippen molar-refractivity contribution in [3.8, 4) is 11.1 Å². The molecule has 0 saturated heterocycles. The Morgan fingerprint density at radius 2 is 1.63 bits per heavy atom. The monoisotopic (exact) mass is 275 g/mol. The molecule has 0 aliphatic heterocycles. The van der Waals surface area contributed by atoms with E-state index in [4.69, 9.17) is 17.3 Å². The van der Waals surface area contributed by atoms with Crippen LogP contribution in [0.1, 0.15) is 29.8 Å². The van der Waals surface area contributed by atoms with Crippen molar-refractivity contribution in [2.24, 2.45) is 5.73 Å². The molecule has 2 nitrogen and oxygen atoms in total. The van der Waals surface area contributed by atoms with Crippen molar-refractivity contribution in [3.63, 3.8) is 0 Å². The Morgan fingerprint density at radius 3 is 2.11 bits per heavy atom. The Bertz CT molecular complexity index is 561. The molecule has 0 aliphatic rings. The molecule has 0 unspecified atom stereocenters. The third-order valence-electron chi connectivity index (χ3n) is 2.67. The van der Waals surface area contributed by atoms with Gasteiger partial charge in [0.2, 0.25) is 5.91 Å². The lowest BCUT2D eigenvalue weighted by atomic mass is 9.98.